The van der Waals surface area contributed by atoms with Crippen molar-refractivity contribution in [1.82, 2.24) is 20.2 Å². The molecule has 0 saturated carbocycles. The van der Waals surface area contributed by atoms with Gasteiger partial charge in [-0.25, -0.2) is 13.8 Å². The molecule has 10 heteroatoms. The molecule has 0 fully saturated rings. The van der Waals surface area contributed by atoms with Gasteiger partial charge in [-0.2, -0.15) is 0 Å². The number of hydrogen-bond acceptors (Lipinski definition) is 5. The summed E-state index contributed by atoms with van der Waals surface area (Å²) in [5.41, 5.74) is 7.92. The van der Waals surface area contributed by atoms with Gasteiger partial charge in [-0.1, -0.05) is 51.1 Å². The number of rotatable bonds is 16. The Balaban J connectivity index is 1.77. The van der Waals surface area contributed by atoms with E-state index in [0.717, 1.165) is 30.9 Å². The molecule has 0 saturated heterocycles. The maximum absolute atomic E-state index is 14.4. The number of amides is 2. The van der Waals surface area contributed by atoms with Crippen LogP contribution < -0.4 is 11.1 Å². The van der Waals surface area contributed by atoms with Crippen molar-refractivity contribution in [2.75, 3.05) is 19.6 Å². The van der Waals surface area contributed by atoms with Crippen molar-refractivity contribution in [1.29, 1.82) is 0 Å². The molecule has 5 N–H and O–H groups in total. The van der Waals surface area contributed by atoms with Gasteiger partial charge < -0.3 is 26.0 Å². The molecule has 0 bridgehead atoms. The number of imidazole rings is 1. The van der Waals surface area contributed by atoms with Crippen LogP contribution in [0.1, 0.15) is 62.5 Å². The van der Waals surface area contributed by atoms with Crippen molar-refractivity contribution in [3.05, 3.63) is 107 Å². The molecule has 0 spiro atoms. The third kappa shape index (κ3) is 8.35. The maximum Gasteiger partial charge on any atom is 0.249 e. The van der Waals surface area contributed by atoms with E-state index in [0.29, 0.717) is 36.6 Å². The van der Waals surface area contributed by atoms with Crippen LogP contribution in [-0.4, -0.2) is 57.5 Å². The van der Waals surface area contributed by atoms with Gasteiger partial charge in [-0.15, -0.1) is 0 Å². The molecule has 0 radical (unpaired) electrons. The Bertz CT molecular complexity index is 1530. The first kappa shape index (κ1) is 34.7. The lowest BCUT2D eigenvalue weighted by atomic mass is 9.63. The zero-order valence-electron chi connectivity index (χ0n) is 26.9. The Morgan fingerprint density at radius 2 is 1.76 bits per heavy atom. The number of allylic oxidation sites excluding steroid dienone is 2. The van der Waals surface area contributed by atoms with Gasteiger partial charge in [0.1, 0.15) is 17.5 Å². The van der Waals surface area contributed by atoms with E-state index in [1.807, 2.05) is 32.0 Å². The third-order valence-electron chi connectivity index (χ3n) is 8.59. The van der Waals surface area contributed by atoms with Crippen LogP contribution in [0.15, 0.2) is 72.6 Å². The van der Waals surface area contributed by atoms with Gasteiger partial charge in [0.15, 0.2) is 0 Å². The number of nitrogens with one attached hydrogen (secondary N) is 2. The second-order valence-corrected chi connectivity index (χ2v) is 12.0. The van der Waals surface area contributed by atoms with E-state index in [2.05, 4.69) is 28.3 Å². The number of aryl methyl sites for hydroxylation is 1. The Kier molecular flexibility index (Phi) is 12.0. The van der Waals surface area contributed by atoms with Crippen LogP contribution >= 0.6 is 0 Å². The van der Waals surface area contributed by atoms with Crippen LogP contribution in [0.2, 0.25) is 0 Å². The van der Waals surface area contributed by atoms with E-state index in [4.69, 9.17) is 5.73 Å². The summed E-state index contributed by atoms with van der Waals surface area (Å²) in [5.74, 6) is -3.08. The summed E-state index contributed by atoms with van der Waals surface area (Å²) < 4.78 is 28.8. The highest BCUT2D eigenvalue weighted by atomic mass is 19.1. The number of halogens is 2. The number of aromatic amines is 1. The molecule has 2 amide bonds. The van der Waals surface area contributed by atoms with Crippen LogP contribution in [0.25, 0.3) is 5.57 Å². The van der Waals surface area contributed by atoms with Crippen molar-refractivity contribution in [3.8, 4) is 0 Å². The lowest BCUT2D eigenvalue weighted by Gasteiger charge is -2.42. The Labute approximate surface area is 269 Å². The van der Waals surface area contributed by atoms with E-state index < -0.39 is 35.0 Å². The van der Waals surface area contributed by atoms with Crippen LogP contribution in [0.3, 0.4) is 0 Å². The highest BCUT2D eigenvalue weighted by Crippen LogP contribution is 2.46. The fourth-order valence-electron chi connectivity index (χ4n) is 6.37. The summed E-state index contributed by atoms with van der Waals surface area (Å²) in [6, 6.07) is 11.2. The number of aliphatic hydroxyl groups excluding tert-OH is 1. The van der Waals surface area contributed by atoms with Gasteiger partial charge in [-0.05, 0) is 67.0 Å². The lowest BCUT2D eigenvalue weighted by molar-refractivity contribution is -0.132. The number of aromatic nitrogens is 2. The number of carbonyl (C=O) groups excluding carboxylic acids is 2. The highest BCUT2D eigenvalue weighted by Gasteiger charge is 2.49. The monoisotopic (exact) mass is 633 g/mol. The Morgan fingerprint density at radius 3 is 2.37 bits per heavy atom. The quantitative estimate of drug-likeness (QED) is 0.175. The van der Waals surface area contributed by atoms with Crippen LogP contribution in [-0.2, 0) is 29.0 Å². The van der Waals surface area contributed by atoms with E-state index in [9.17, 15) is 23.5 Å². The summed E-state index contributed by atoms with van der Waals surface area (Å²) >= 11 is 0. The zero-order valence-corrected chi connectivity index (χ0v) is 26.9. The summed E-state index contributed by atoms with van der Waals surface area (Å²) in [4.78, 5) is 36.9. The molecular formula is C36H45F2N5O3. The highest BCUT2D eigenvalue weighted by molar-refractivity contribution is 6.00. The minimum absolute atomic E-state index is 0.0581. The molecule has 1 aliphatic carbocycles. The van der Waals surface area contributed by atoms with Gasteiger partial charge in [0.2, 0.25) is 11.8 Å². The SMILES string of the molecule is CCCN(CCC)C(=O)C1=CC(c2ncc[nH]2)=CC(C(N)=O)([C@H](Cc2cc(F)cc(F)c2)[C@@H](O)CNCc2cccc(CC)c2)C1. The molecule has 3 aromatic rings. The van der Waals surface area contributed by atoms with Gasteiger partial charge >= 0.3 is 0 Å². The normalized spacial score (nSPS) is 17.6. The molecule has 8 nitrogen and oxygen atoms in total. The summed E-state index contributed by atoms with van der Waals surface area (Å²) in [5, 5.41) is 15.1. The zero-order chi connectivity index (χ0) is 33.3. The van der Waals surface area contributed by atoms with Gasteiger partial charge in [0.05, 0.1) is 11.5 Å². The summed E-state index contributed by atoms with van der Waals surface area (Å²) in [6.07, 6.45) is 7.58. The number of carbonyl (C=O) groups is 2. The first-order chi connectivity index (χ1) is 22.1. The predicted molar refractivity (Wildman–Crippen MR) is 175 cm³/mol. The number of nitrogens with two attached hydrogens (primary N) is 1. The maximum atomic E-state index is 14.4. The average molecular weight is 634 g/mol. The molecule has 2 aromatic carbocycles. The van der Waals surface area contributed by atoms with Gasteiger partial charge in [-0.3, -0.25) is 9.59 Å². The van der Waals surface area contributed by atoms with Gasteiger partial charge in [0.25, 0.3) is 0 Å². The molecule has 46 heavy (non-hydrogen) atoms. The minimum Gasteiger partial charge on any atom is -0.391 e. The molecule has 1 aliphatic rings. The number of nitrogens with zero attached hydrogens (tertiary/aromatic N) is 2. The average Bonchev–Trinajstić information content (AvgIpc) is 3.58. The smallest absolute Gasteiger partial charge is 0.249 e. The molecule has 0 aliphatic heterocycles. The van der Waals surface area contributed by atoms with E-state index >= 15 is 0 Å². The summed E-state index contributed by atoms with van der Waals surface area (Å²) in [7, 11) is 0. The van der Waals surface area contributed by atoms with E-state index in [1.165, 1.54) is 17.7 Å². The number of hydrogen-bond donors (Lipinski definition) is 4. The second kappa shape index (κ2) is 15.9. The Hall–Kier alpha value is -4.15. The van der Waals surface area contributed by atoms with Crippen LogP contribution in [0.5, 0.6) is 0 Å². The van der Waals surface area contributed by atoms with Gasteiger partial charge in [0, 0.05) is 61.7 Å². The molecule has 1 heterocycles. The van der Waals surface area contributed by atoms with Crippen molar-refractivity contribution in [2.24, 2.45) is 17.1 Å². The van der Waals surface area contributed by atoms with Crippen molar-refractivity contribution in [3.63, 3.8) is 0 Å². The van der Waals surface area contributed by atoms with Crippen molar-refractivity contribution < 1.29 is 23.5 Å². The minimum atomic E-state index is -1.60. The van der Waals surface area contributed by atoms with Crippen molar-refractivity contribution in [2.45, 2.75) is 65.5 Å². The molecule has 4 rings (SSSR count). The topological polar surface area (TPSA) is 124 Å². The first-order valence-electron chi connectivity index (χ1n) is 16.0. The standard InChI is InChI=1S/C36H45F2N5O3/c1-4-12-43(13-5-2)34(45)28-18-27(33-41-10-11-42-33)20-36(21-28,35(39)46)31(17-26-15-29(37)19-30(38)16-26)32(44)23-40-22-25-9-7-8-24(6-3)14-25/h7-11,14-16,18-20,31-32,40,44H,4-6,12-13,17,21-23H2,1-3H3,(H2,39,46)(H,41,42)/t31-,32+,36?/m1/s1. The fourth-order valence-corrected chi connectivity index (χ4v) is 6.37. The van der Waals surface area contributed by atoms with Crippen molar-refractivity contribution >= 4 is 17.4 Å². The Morgan fingerprint density at radius 1 is 1.07 bits per heavy atom. The largest absolute Gasteiger partial charge is 0.391 e. The number of benzene rings is 2. The molecule has 1 unspecified atom stereocenters. The predicted octanol–water partition coefficient (Wildman–Crippen LogP) is 5.09. The first-order valence-corrected chi connectivity index (χ1v) is 16.0. The second-order valence-electron chi connectivity index (χ2n) is 12.0. The number of aliphatic hydroxyl groups is 1. The third-order valence-corrected chi connectivity index (χ3v) is 8.59. The number of H-pyrrole nitrogens is 1. The molecule has 246 valence electrons. The van der Waals surface area contributed by atoms with Crippen LogP contribution in [0.4, 0.5) is 8.78 Å². The fraction of sp³-hybridized carbons (Fsp3) is 0.417. The molecule has 1 aromatic heterocycles. The molecule has 3 atom stereocenters. The molecular weight excluding hydrogens is 588 g/mol. The summed E-state index contributed by atoms with van der Waals surface area (Å²) in [6.45, 7) is 7.63. The number of primary amides is 1. The van der Waals surface area contributed by atoms with E-state index in [1.54, 1.807) is 29.4 Å². The van der Waals surface area contributed by atoms with Crippen LogP contribution in [0, 0.1) is 23.0 Å². The van der Waals surface area contributed by atoms with E-state index in [-0.39, 0.29) is 30.9 Å². The lowest BCUT2D eigenvalue weighted by Crippen LogP contribution is -2.51.